The summed E-state index contributed by atoms with van der Waals surface area (Å²) in [6.07, 6.45) is 0.575. The number of methoxy groups -OCH3 is 1. The Kier molecular flexibility index (Phi) is 5.89. The van der Waals surface area contributed by atoms with Crippen molar-refractivity contribution in [3.8, 4) is 17.2 Å². The number of carbonyl (C=O) groups is 3. The number of nitrogens with zero attached hydrogens (tertiary/aromatic N) is 1. The largest absolute Gasteiger partial charge is 0.497 e. The third-order valence-corrected chi connectivity index (χ3v) is 5.59. The molecule has 0 aliphatic carbocycles. The van der Waals surface area contributed by atoms with Crippen molar-refractivity contribution in [2.45, 2.75) is 18.9 Å². The van der Waals surface area contributed by atoms with Crippen LogP contribution in [-0.4, -0.2) is 56.2 Å². The van der Waals surface area contributed by atoms with E-state index in [1.54, 1.807) is 38.3 Å². The second-order valence-electron chi connectivity index (χ2n) is 7.75. The predicted octanol–water partition coefficient (Wildman–Crippen LogP) is 1.59. The van der Waals surface area contributed by atoms with E-state index in [1.807, 2.05) is 18.2 Å². The van der Waals surface area contributed by atoms with Crippen LogP contribution in [0.25, 0.3) is 0 Å². The van der Waals surface area contributed by atoms with E-state index >= 15 is 0 Å². The van der Waals surface area contributed by atoms with Gasteiger partial charge in [-0.2, -0.15) is 0 Å². The minimum atomic E-state index is -1.24. The number of imide groups is 1. The summed E-state index contributed by atoms with van der Waals surface area (Å²) >= 11 is 0. The van der Waals surface area contributed by atoms with E-state index in [1.165, 1.54) is 0 Å². The van der Waals surface area contributed by atoms with Crippen LogP contribution in [-0.2, 0) is 21.5 Å². The van der Waals surface area contributed by atoms with Crippen molar-refractivity contribution in [2.24, 2.45) is 0 Å². The van der Waals surface area contributed by atoms with Gasteiger partial charge in [0.05, 0.1) is 7.11 Å². The van der Waals surface area contributed by atoms with Crippen LogP contribution in [0.2, 0.25) is 0 Å². The molecule has 9 heteroatoms. The molecule has 0 bridgehead atoms. The number of amides is 4. The van der Waals surface area contributed by atoms with E-state index < -0.39 is 23.4 Å². The Morgan fingerprint density at radius 3 is 2.56 bits per heavy atom. The number of rotatable bonds is 7. The molecule has 168 valence electrons. The molecule has 1 unspecified atom stereocenters. The quantitative estimate of drug-likeness (QED) is 0.635. The van der Waals surface area contributed by atoms with Gasteiger partial charge in [0.25, 0.3) is 5.91 Å². The Bertz CT molecular complexity index is 1040. The van der Waals surface area contributed by atoms with Crippen LogP contribution >= 0.6 is 0 Å². The highest BCUT2D eigenvalue weighted by Crippen LogP contribution is 2.31. The first-order valence-corrected chi connectivity index (χ1v) is 10.3. The van der Waals surface area contributed by atoms with Gasteiger partial charge in [-0.1, -0.05) is 18.2 Å². The summed E-state index contributed by atoms with van der Waals surface area (Å²) in [6, 6.07) is 11.9. The molecule has 0 aromatic heterocycles. The molecule has 2 N–H and O–H groups in total. The minimum absolute atomic E-state index is 0.350. The molecule has 0 spiro atoms. The minimum Gasteiger partial charge on any atom is -0.497 e. The van der Waals surface area contributed by atoms with Crippen molar-refractivity contribution < 1.29 is 28.6 Å². The van der Waals surface area contributed by atoms with Crippen LogP contribution in [0, 0.1) is 0 Å². The van der Waals surface area contributed by atoms with Gasteiger partial charge in [-0.15, -0.1) is 0 Å². The van der Waals surface area contributed by atoms with Crippen molar-refractivity contribution in [2.75, 3.05) is 33.4 Å². The summed E-state index contributed by atoms with van der Waals surface area (Å²) in [5.41, 5.74) is 0.351. The molecule has 1 saturated heterocycles. The van der Waals surface area contributed by atoms with E-state index in [-0.39, 0.29) is 6.54 Å². The second-order valence-corrected chi connectivity index (χ2v) is 7.75. The molecule has 4 amide bonds. The number of hydrogen-bond acceptors (Lipinski definition) is 6. The molecule has 1 fully saturated rings. The Morgan fingerprint density at radius 2 is 1.84 bits per heavy atom. The van der Waals surface area contributed by atoms with Crippen molar-refractivity contribution in [3.63, 3.8) is 0 Å². The molecule has 4 rings (SSSR count). The van der Waals surface area contributed by atoms with Crippen LogP contribution in [0.4, 0.5) is 4.79 Å². The van der Waals surface area contributed by atoms with Gasteiger partial charge >= 0.3 is 6.03 Å². The number of hydrogen-bond donors (Lipinski definition) is 2. The van der Waals surface area contributed by atoms with Gasteiger partial charge in [-0.25, -0.2) is 4.79 Å². The fourth-order valence-corrected chi connectivity index (χ4v) is 3.75. The lowest BCUT2D eigenvalue weighted by Gasteiger charge is -2.22. The van der Waals surface area contributed by atoms with Gasteiger partial charge in [0.1, 0.15) is 31.0 Å². The number of fused-ring (bicyclic) bond motifs is 1. The highest BCUT2D eigenvalue weighted by molar-refractivity contribution is 6.09. The molecule has 2 aromatic carbocycles. The van der Waals surface area contributed by atoms with E-state index in [0.717, 1.165) is 10.5 Å². The molecular formula is C23H25N3O6. The number of nitrogens with one attached hydrogen (secondary N) is 2. The smallest absolute Gasteiger partial charge is 0.325 e. The third kappa shape index (κ3) is 4.18. The molecule has 0 saturated carbocycles. The molecular weight excluding hydrogens is 414 g/mol. The molecule has 1 atom stereocenters. The fourth-order valence-electron chi connectivity index (χ4n) is 3.75. The van der Waals surface area contributed by atoms with Gasteiger partial charge in [-0.3, -0.25) is 14.5 Å². The number of ether oxygens (including phenoxy) is 3. The second kappa shape index (κ2) is 8.78. The molecule has 9 nitrogen and oxygen atoms in total. The zero-order valence-electron chi connectivity index (χ0n) is 18.0. The average molecular weight is 439 g/mol. The summed E-state index contributed by atoms with van der Waals surface area (Å²) in [5.74, 6) is 1.16. The molecule has 0 radical (unpaired) electrons. The average Bonchev–Trinajstić information content (AvgIpc) is 3.03. The van der Waals surface area contributed by atoms with Gasteiger partial charge < -0.3 is 24.8 Å². The zero-order chi connectivity index (χ0) is 22.7. The van der Waals surface area contributed by atoms with Crippen LogP contribution in [0.15, 0.2) is 42.5 Å². The van der Waals surface area contributed by atoms with E-state index in [2.05, 4.69) is 10.6 Å². The molecule has 2 heterocycles. The lowest BCUT2D eigenvalue weighted by atomic mass is 9.92. The van der Waals surface area contributed by atoms with Crippen LogP contribution in [0.1, 0.15) is 18.1 Å². The first-order valence-electron chi connectivity index (χ1n) is 10.3. The zero-order valence-corrected chi connectivity index (χ0v) is 18.0. The Hall–Kier alpha value is -3.75. The van der Waals surface area contributed by atoms with Crippen molar-refractivity contribution in [1.82, 2.24) is 15.5 Å². The van der Waals surface area contributed by atoms with Crippen LogP contribution in [0.3, 0.4) is 0 Å². The first kappa shape index (κ1) is 21.5. The third-order valence-electron chi connectivity index (χ3n) is 5.59. The maximum absolute atomic E-state index is 13.0. The number of benzene rings is 2. The lowest BCUT2D eigenvalue weighted by Crippen LogP contribution is -2.43. The summed E-state index contributed by atoms with van der Waals surface area (Å²) in [6.45, 7) is 2.67. The fraction of sp³-hybridized carbons (Fsp3) is 0.348. The monoisotopic (exact) mass is 439 g/mol. The summed E-state index contributed by atoms with van der Waals surface area (Å²) in [5, 5.41) is 5.45. The van der Waals surface area contributed by atoms with E-state index in [9.17, 15) is 14.4 Å². The SMILES string of the molecule is COc1ccc(C2(C)NC(=O)N(CC(=O)NCCc3ccc4c(c3)OCCO4)C2=O)cc1. The first-order chi connectivity index (χ1) is 15.4. The molecule has 2 aromatic rings. The molecule has 32 heavy (non-hydrogen) atoms. The van der Waals surface area contributed by atoms with Crippen LogP contribution < -0.4 is 24.8 Å². The highest BCUT2D eigenvalue weighted by Gasteiger charge is 2.49. The van der Waals surface area contributed by atoms with Gasteiger partial charge in [0.2, 0.25) is 5.91 Å². The Balaban J connectivity index is 1.32. The van der Waals surface area contributed by atoms with E-state index in [4.69, 9.17) is 14.2 Å². The number of urea groups is 1. The Labute approximate surface area is 185 Å². The normalized spacial score (nSPS) is 19.5. The van der Waals surface area contributed by atoms with Gasteiger partial charge in [-0.05, 0) is 48.7 Å². The van der Waals surface area contributed by atoms with Crippen molar-refractivity contribution in [1.29, 1.82) is 0 Å². The van der Waals surface area contributed by atoms with Gasteiger partial charge in [0, 0.05) is 6.54 Å². The maximum atomic E-state index is 13.0. The predicted molar refractivity (Wildman–Crippen MR) is 115 cm³/mol. The Morgan fingerprint density at radius 1 is 1.12 bits per heavy atom. The summed E-state index contributed by atoms with van der Waals surface area (Å²) in [7, 11) is 1.55. The lowest BCUT2D eigenvalue weighted by molar-refractivity contribution is -0.134. The number of carbonyl (C=O) groups excluding carboxylic acids is 3. The van der Waals surface area contributed by atoms with Crippen molar-refractivity contribution >= 4 is 17.8 Å². The molecule has 2 aliphatic rings. The van der Waals surface area contributed by atoms with Crippen molar-refractivity contribution in [3.05, 3.63) is 53.6 Å². The van der Waals surface area contributed by atoms with Crippen LogP contribution in [0.5, 0.6) is 17.2 Å². The standard InChI is InChI=1S/C23H25N3O6/c1-23(16-4-6-17(30-2)7-5-16)21(28)26(22(29)25-23)14-20(27)24-10-9-15-3-8-18-19(13-15)32-12-11-31-18/h3-8,13H,9-12,14H2,1-2H3,(H,24,27)(H,25,29). The maximum Gasteiger partial charge on any atom is 0.325 e. The van der Waals surface area contributed by atoms with E-state index in [0.29, 0.717) is 49.0 Å². The highest BCUT2D eigenvalue weighted by atomic mass is 16.6. The summed E-state index contributed by atoms with van der Waals surface area (Å²) < 4.78 is 16.2. The van der Waals surface area contributed by atoms with Gasteiger partial charge in [0.15, 0.2) is 11.5 Å². The summed E-state index contributed by atoms with van der Waals surface area (Å²) in [4.78, 5) is 38.7. The molecule has 2 aliphatic heterocycles. The topological polar surface area (TPSA) is 106 Å².